The van der Waals surface area contributed by atoms with Crippen molar-refractivity contribution >= 4 is 11.9 Å². The second-order valence-electron chi connectivity index (χ2n) is 9.03. The van der Waals surface area contributed by atoms with Gasteiger partial charge in [0.05, 0.1) is 26.4 Å². The Balaban J connectivity index is 2.26. The Morgan fingerprint density at radius 2 is 1.24 bits per heavy atom. The molecule has 2 rings (SSSR count). The third-order valence-electron chi connectivity index (χ3n) is 5.73. The largest absolute Gasteiger partial charge is 0.507 e. The molecule has 0 saturated heterocycles. The molecule has 0 unspecified atom stereocenters. The van der Waals surface area contributed by atoms with E-state index in [2.05, 4.69) is 27.7 Å². The Hall–Kier alpha value is -3.15. The summed E-state index contributed by atoms with van der Waals surface area (Å²) in [6.45, 7) is 10.6. The lowest BCUT2D eigenvalue weighted by Crippen LogP contribution is -2.05. The number of phenols is 1. The summed E-state index contributed by atoms with van der Waals surface area (Å²) < 4.78 is 23.5. The van der Waals surface area contributed by atoms with E-state index in [4.69, 9.17) is 18.9 Å². The maximum atomic E-state index is 13.2. The van der Waals surface area contributed by atoms with E-state index < -0.39 is 0 Å². The number of ketones is 1. The average Bonchev–Trinajstić information content (AvgIpc) is 2.88. The number of phenolic OH excluding ortho intramolecular Hbond substituents is 1. The van der Waals surface area contributed by atoms with Crippen molar-refractivity contribution < 1.29 is 28.8 Å². The van der Waals surface area contributed by atoms with E-state index in [0.29, 0.717) is 49.4 Å². The first-order chi connectivity index (χ1) is 18.0. The lowest BCUT2D eigenvalue weighted by Gasteiger charge is -2.14. The molecule has 6 nitrogen and oxygen atoms in total. The summed E-state index contributed by atoms with van der Waals surface area (Å²) in [4.78, 5) is 13.2. The molecule has 0 spiro atoms. The predicted octanol–water partition coefficient (Wildman–Crippen LogP) is 8.00. The molecule has 6 heteroatoms. The zero-order valence-electron chi connectivity index (χ0n) is 23.0. The van der Waals surface area contributed by atoms with Crippen LogP contribution in [0, 0.1) is 0 Å². The lowest BCUT2D eigenvalue weighted by molar-refractivity contribution is 0.104. The van der Waals surface area contributed by atoms with Gasteiger partial charge >= 0.3 is 0 Å². The van der Waals surface area contributed by atoms with Crippen molar-refractivity contribution in [2.75, 3.05) is 26.4 Å². The van der Waals surface area contributed by atoms with Crippen molar-refractivity contribution in [2.24, 2.45) is 0 Å². The van der Waals surface area contributed by atoms with E-state index in [1.54, 1.807) is 12.1 Å². The normalized spacial score (nSPS) is 11.0. The first kappa shape index (κ1) is 30.1. The highest BCUT2D eigenvalue weighted by atomic mass is 16.5. The number of benzene rings is 2. The van der Waals surface area contributed by atoms with Gasteiger partial charge in [0.25, 0.3) is 0 Å². The summed E-state index contributed by atoms with van der Waals surface area (Å²) in [6, 6.07) is 8.81. The SMILES string of the molecule is CCCCOc1cc(O)c(C(=O)/C=C/c2ccc(OCCCC)c(OCCCC)c2)c(OCCCC)c1. The third kappa shape index (κ3) is 10.4. The van der Waals surface area contributed by atoms with Gasteiger partial charge in [0.2, 0.25) is 0 Å². The number of unbranched alkanes of at least 4 members (excludes halogenated alkanes) is 4. The van der Waals surface area contributed by atoms with Crippen LogP contribution in [0.1, 0.15) is 95.0 Å². The molecule has 0 aliphatic rings. The highest BCUT2D eigenvalue weighted by Gasteiger charge is 2.18. The van der Waals surface area contributed by atoms with Gasteiger partial charge in [-0.1, -0.05) is 65.5 Å². The molecule has 0 fully saturated rings. The molecule has 0 saturated carbocycles. The fraction of sp³-hybridized carbons (Fsp3) is 0.516. The summed E-state index contributed by atoms with van der Waals surface area (Å²) >= 11 is 0. The van der Waals surface area contributed by atoms with Crippen LogP contribution in [0.4, 0.5) is 0 Å². The van der Waals surface area contributed by atoms with E-state index in [0.717, 1.165) is 56.9 Å². The van der Waals surface area contributed by atoms with Crippen LogP contribution in [0.15, 0.2) is 36.4 Å². The number of carbonyl (C=O) groups is 1. The van der Waals surface area contributed by atoms with Crippen LogP contribution in [0.2, 0.25) is 0 Å². The summed E-state index contributed by atoms with van der Waals surface area (Å²) in [5, 5.41) is 10.7. The lowest BCUT2D eigenvalue weighted by atomic mass is 10.1. The number of aromatic hydroxyl groups is 1. The molecule has 0 heterocycles. The van der Waals surface area contributed by atoms with Crippen LogP contribution in [-0.4, -0.2) is 37.3 Å². The molecule has 204 valence electrons. The number of rotatable bonds is 19. The van der Waals surface area contributed by atoms with Gasteiger partial charge < -0.3 is 24.1 Å². The van der Waals surface area contributed by atoms with E-state index in [-0.39, 0.29) is 17.1 Å². The zero-order chi connectivity index (χ0) is 26.9. The van der Waals surface area contributed by atoms with Gasteiger partial charge in [-0.15, -0.1) is 0 Å². The van der Waals surface area contributed by atoms with Crippen molar-refractivity contribution in [2.45, 2.75) is 79.1 Å². The maximum Gasteiger partial charge on any atom is 0.193 e. The van der Waals surface area contributed by atoms with Crippen LogP contribution in [0.25, 0.3) is 6.08 Å². The maximum absolute atomic E-state index is 13.2. The Morgan fingerprint density at radius 3 is 1.84 bits per heavy atom. The molecule has 0 amide bonds. The number of hydrogen-bond donors (Lipinski definition) is 1. The van der Waals surface area contributed by atoms with Gasteiger partial charge in [-0.25, -0.2) is 0 Å². The number of ether oxygens (including phenoxy) is 4. The highest BCUT2D eigenvalue weighted by Crippen LogP contribution is 2.35. The van der Waals surface area contributed by atoms with Gasteiger partial charge in [-0.05, 0) is 49.5 Å². The Kier molecular flexibility index (Phi) is 14.1. The minimum Gasteiger partial charge on any atom is -0.507 e. The minimum atomic E-state index is -0.346. The summed E-state index contributed by atoms with van der Waals surface area (Å²) in [6.07, 6.45) is 10.9. The van der Waals surface area contributed by atoms with Crippen molar-refractivity contribution in [3.05, 3.63) is 47.5 Å². The summed E-state index contributed by atoms with van der Waals surface area (Å²) in [7, 11) is 0. The van der Waals surface area contributed by atoms with Crippen molar-refractivity contribution in [1.29, 1.82) is 0 Å². The first-order valence-electron chi connectivity index (χ1n) is 13.8. The predicted molar refractivity (Wildman–Crippen MR) is 150 cm³/mol. The average molecular weight is 513 g/mol. The number of allylic oxidation sites excluding steroid dienone is 1. The van der Waals surface area contributed by atoms with Gasteiger partial charge in [-0.2, -0.15) is 0 Å². The molecule has 1 N–H and O–H groups in total. The fourth-order valence-electron chi connectivity index (χ4n) is 3.45. The zero-order valence-corrected chi connectivity index (χ0v) is 23.0. The number of carbonyl (C=O) groups excluding carboxylic acids is 1. The molecule has 0 aliphatic carbocycles. The van der Waals surface area contributed by atoms with E-state index in [9.17, 15) is 9.90 Å². The monoisotopic (exact) mass is 512 g/mol. The summed E-state index contributed by atoms with van der Waals surface area (Å²) in [5.74, 6) is 1.69. The molecular formula is C31H44O6. The quantitative estimate of drug-likeness (QED) is 0.117. The second-order valence-corrected chi connectivity index (χ2v) is 9.03. The van der Waals surface area contributed by atoms with E-state index in [1.165, 1.54) is 12.1 Å². The van der Waals surface area contributed by atoms with Crippen molar-refractivity contribution in [1.82, 2.24) is 0 Å². The second kappa shape index (κ2) is 17.3. The smallest absolute Gasteiger partial charge is 0.193 e. The molecule has 0 aliphatic heterocycles. The van der Waals surface area contributed by atoms with Crippen LogP contribution in [0.3, 0.4) is 0 Å². The van der Waals surface area contributed by atoms with Gasteiger partial charge in [0, 0.05) is 12.1 Å². The standard InChI is InChI=1S/C31H44O6/c1-5-9-17-34-25-22-27(33)31(30(23-25)37-20-12-8-4)26(32)15-13-24-14-16-28(35-18-10-6-2)29(21-24)36-19-11-7-3/h13-16,21-23,33H,5-12,17-20H2,1-4H3/b15-13+. The van der Waals surface area contributed by atoms with Crippen LogP contribution < -0.4 is 18.9 Å². The van der Waals surface area contributed by atoms with Crippen molar-refractivity contribution in [3.63, 3.8) is 0 Å². The molecule has 0 atom stereocenters. The van der Waals surface area contributed by atoms with E-state index in [1.807, 2.05) is 18.2 Å². The Bertz CT molecular complexity index is 982. The molecule has 2 aromatic rings. The molecule has 2 aromatic carbocycles. The van der Waals surface area contributed by atoms with Crippen molar-refractivity contribution in [3.8, 4) is 28.7 Å². The Morgan fingerprint density at radius 1 is 0.703 bits per heavy atom. The van der Waals surface area contributed by atoms with E-state index >= 15 is 0 Å². The Labute approximate surface area is 222 Å². The molecular weight excluding hydrogens is 468 g/mol. The number of hydrogen-bond acceptors (Lipinski definition) is 6. The highest BCUT2D eigenvalue weighted by molar-refractivity contribution is 6.10. The van der Waals surface area contributed by atoms with Gasteiger partial charge in [0.1, 0.15) is 22.8 Å². The first-order valence-corrected chi connectivity index (χ1v) is 13.8. The van der Waals surface area contributed by atoms with Crippen LogP contribution >= 0.6 is 0 Å². The molecule has 0 bridgehead atoms. The minimum absolute atomic E-state index is 0.133. The topological polar surface area (TPSA) is 74.2 Å². The van der Waals surface area contributed by atoms with Crippen LogP contribution in [-0.2, 0) is 0 Å². The fourth-order valence-corrected chi connectivity index (χ4v) is 3.45. The molecule has 37 heavy (non-hydrogen) atoms. The van der Waals surface area contributed by atoms with Gasteiger partial charge in [-0.3, -0.25) is 4.79 Å². The summed E-state index contributed by atoms with van der Waals surface area (Å²) in [5.41, 5.74) is 0.935. The molecule has 0 radical (unpaired) electrons. The van der Waals surface area contributed by atoms with Gasteiger partial charge in [0.15, 0.2) is 17.3 Å². The van der Waals surface area contributed by atoms with Crippen LogP contribution in [0.5, 0.6) is 28.7 Å². The molecule has 0 aromatic heterocycles. The third-order valence-corrected chi connectivity index (χ3v) is 5.73.